The van der Waals surface area contributed by atoms with Crippen LogP contribution in [0, 0.1) is 6.92 Å². The predicted octanol–water partition coefficient (Wildman–Crippen LogP) is 7.59. The van der Waals surface area contributed by atoms with Crippen LogP contribution in [0.4, 0.5) is 5.69 Å². The van der Waals surface area contributed by atoms with Gasteiger partial charge in [0.05, 0.1) is 0 Å². The average Bonchev–Trinajstić information content (AvgIpc) is 3.45. The molecule has 2 heterocycles. The highest BCUT2D eigenvalue weighted by atomic mass is 79.9. The zero-order chi connectivity index (χ0) is 24.8. The van der Waals surface area contributed by atoms with Crippen LogP contribution in [0.5, 0.6) is 0 Å². The van der Waals surface area contributed by atoms with Crippen LogP contribution in [0.1, 0.15) is 16.1 Å². The number of benzene rings is 4. The Hall–Kier alpha value is -4.01. The standard InChI is InChI=1S/C28H18BrN3O3S/c1-15-17-6-2-3-11-23(17)34-25(15)26(33)32-28(36)30-16-12-13-24-22(14-16)31-27(35-24)20-9-4-8-19-18(20)7-5-10-21(19)29/h2-14H,1H3,(H2,30,32,33,36). The van der Waals surface area contributed by atoms with Gasteiger partial charge in [0.25, 0.3) is 5.91 Å². The summed E-state index contributed by atoms with van der Waals surface area (Å²) < 4.78 is 12.8. The summed E-state index contributed by atoms with van der Waals surface area (Å²) in [6.07, 6.45) is 0. The van der Waals surface area contributed by atoms with Crippen LogP contribution in [-0.2, 0) is 0 Å². The molecular formula is C28H18BrN3O3S. The maximum Gasteiger partial charge on any atom is 0.293 e. The lowest BCUT2D eigenvalue weighted by molar-refractivity contribution is 0.0952. The number of oxazole rings is 1. The third-order valence-electron chi connectivity index (χ3n) is 6.02. The number of furan rings is 1. The molecule has 6 nitrogen and oxygen atoms in total. The molecule has 36 heavy (non-hydrogen) atoms. The van der Waals surface area contributed by atoms with E-state index in [1.54, 1.807) is 0 Å². The van der Waals surface area contributed by atoms with Crippen molar-refractivity contribution < 1.29 is 13.6 Å². The zero-order valence-electron chi connectivity index (χ0n) is 19.0. The van der Waals surface area contributed by atoms with Gasteiger partial charge in [-0.1, -0.05) is 58.4 Å². The summed E-state index contributed by atoms with van der Waals surface area (Å²) in [5, 5.41) is 8.91. The summed E-state index contributed by atoms with van der Waals surface area (Å²) in [5.74, 6) is 0.355. The Morgan fingerprint density at radius 1 is 0.889 bits per heavy atom. The topological polar surface area (TPSA) is 80.3 Å². The fourth-order valence-corrected chi connectivity index (χ4v) is 5.00. The number of fused-ring (bicyclic) bond motifs is 3. The second-order valence-electron chi connectivity index (χ2n) is 8.30. The Balaban J connectivity index is 1.24. The van der Waals surface area contributed by atoms with Crippen LogP contribution in [0.25, 0.3) is 44.3 Å². The molecule has 0 atom stereocenters. The highest BCUT2D eigenvalue weighted by Crippen LogP contribution is 2.34. The van der Waals surface area contributed by atoms with Crippen molar-refractivity contribution in [2.24, 2.45) is 0 Å². The summed E-state index contributed by atoms with van der Waals surface area (Å²) in [7, 11) is 0. The number of amides is 1. The van der Waals surface area contributed by atoms with Crippen LogP contribution in [0.3, 0.4) is 0 Å². The second kappa shape index (κ2) is 8.89. The predicted molar refractivity (Wildman–Crippen MR) is 149 cm³/mol. The van der Waals surface area contributed by atoms with Crippen LogP contribution >= 0.6 is 28.1 Å². The number of hydrogen-bond donors (Lipinski definition) is 2. The average molecular weight is 556 g/mol. The van der Waals surface area contributed by atoms with Gasteiger partial charge in [-0.25, -0.2) is 4.98 Å². The lowest BCUT2D eigenvalue weighted by Gasteiger charge is -2.08. The molecule has 0 unspecified atom stereocenters. The number of nitrogens with one attached hydrogen (secondary N) is 2. The molecule has 0 aliphatic rings. The molecule has 0 bridgehead atoms. The molecule has 6 aromatic rings. The molecular weight excluding hydrogens is 538 g/mol. The minimum atomic E-state index is -0.409. The molecule has 0 saturated heterocycles. The minimum absolute atomic E-state index is 0.154. The van der Waals surface area contributed by atoms with Crippen molar-refractivity contribution in [1.29, 1.82) is 0 Å². The Bertz CT molecular complexity index is 1820. The van der Waals surface area contributed by atoms with E-state index in [0.29, 0.717) is 28.3 Å². The van der Waals surface area contributed by atoms with Crippen LogP contribution in [0.15, 0.2) is 92.2 Å². The van der Waals surface area contributed by atoms with Gasteiger partial charge < -0.3 is 14.2 Å². The number of aromatic nitrogens is 1. The van der Waals surface area contributed by atoms with E-state index >= 15 is 0 Å². The number of halogens is 1. The quantitative estimate of drug-likeness (QED) is 0.219. The first kappa shape index (κ1) is 22.5. The van der Waals surface area contributed by atoms with E-state index in [1.165, 1.54) is 0 Å². The highest BCUT2D eigenvalue weighted by molar-refractivity contribution is 9.10. The number of aryl methyl sites for hydroxylation is 1. The molecule has 0 fully saturated rings. The summed E-state index contributed by atoms with van der Waals surface area (Å²) in [6, 6.07) is 25.0. The monoisotopic (exact) mass is 555 g/mol. The van der Waals surface area contributed by atoms with Gasteiger partial charge in [0, 0.05) is 26.7 Å². The molecule has 0 saturated carbocycles. The van der Waals surface area contributed by atoms with E-state index in [2.05, 4.69) is 32.6 Å². The highest BCUT2D eigenvalue weighted by Gasteiger charge is 2.19. The number of nitrogens with zero attached hydrogens (tertiary/aromatic N) is 1. The van der Waals surface area contributed by atoms with E-state index in [-0.39, 0.29) is 10.9 Å². The maximum absolute atomic E-state index is 12.8. The first-order valence-corrected chi connectivity index (χ1v) is 12.4. The van der Waals surface area contributed by atoms with Gasteiger partial charge >= 0.3 is 0 Å². The summed E-state index contributed by atoms with van der Waals surface area (Å²) in [5.41, 5.74) is 4.32. The Morgan fingerprint density at radius 2 is 1.67 bits per heavy atom. The summed E-state index contributed by atoms with van der Waals surface area (Å²) >= 11 is 8.98. The number of carbonyl (C=O) groups is 1. The van der Waals surface area contributed by atoms with Crippen molar-refractivity contribution in [2.45, 2.75) is 6.92 Å². The summed E-state index contributed by atoms with van der Waals surface area (Å²) in [4.78, 5) is 17.5. The van der Waals surface area contributed by atoms with Gasteiger partial charge in [-0.15, -0.1) is 0 Å². The molecule has 0 aliphatic heterocycles. The van der Waals surface area contributed by atoms with E-state index < -0.39 is 5.91 Å². The number of rotatable bonds is 3. The number of carbonyl (C=O) groups excluding carboxylic acids is 1. The van der Waals surface area contributed by atoms with Gasteiger partial charge in [0.15, 0.2) is 16.5 Å². The number of hydrogen-bond acceptors (Lipinski definition) is 5. The summed E-state index contributed by atoms with van der Waals surface area (Å²) in [6.45, 7) is 1.85. The maximum atomic E-state index is 12.8. The Labute approximate surface area is 219 Å². The van der Waals surface area contributed by atoms with Crippen molar-refractivity contribution >= 4 is 77.7 Å². The first-order chi connectivity index (χ1) is 17.5. The van der Waals surface area contributed by atoms with Gasteiger partial charge in [-0.2, -0.15) is 0 Å². The molecule has 6 rings (SSSR count). The molecule has 4 aromatic carbocycles. The number of anilines is 1. The fraction of sp³-hybridized carbons (Fsp3) is 0.0357. The smallest absolute Gasteiger partial charge is 0.293 e. The first-order valence-electron chi connectivity index (χ1n) is 11.2. The molecule has 2 N–H and O–H groups in total. The molecule has 0 radical (unpaired) electrons. The SMILES string of the molecule is Cc1c(C(=O)NC(=S)Nc2ccc3oc(-c4cccc5c(Br)cccc45)nc3c2)oc2ccccc12. The van der Waals surface area contributed by atoms with Crippen LogP contribution < -0.4 is 10.6 Å². The third kappa shape index (κ3) is 3.94. The zero-order valence-corrected chi connectivity index (χ0v) is 21.4. The molecule has 0 spiro atoms. The van der Waals surface area contributed by atoms with Crippen LogP contribution in [0.2, 0.25) is 0 Å². The van der Waals surface area contributed by atoms with E-state index in [0.717, 1.165) is 31.8 Å². The Morgan fingerprint density at radius 3 is 2.53 bits per heavy atom. The van der Waals surface area contributed by atoms with Gasteiger partial charge in [-0.05, 0) is 66.3 Å². The van der Waals surface area contributed by atoms with Crippen molar-refractivity contribution in [3.8, 4) is 11.5 Å². The van der Waals surface area contributed by atoms with E-state index in [1.807, 2.05) is 79.7 Å². The van der Waals surface area contributed by atoms with E-state index in [9.17, 15) is 4.79 Å². The van der Waals surface area contributed by atoms with Gasteiger partial charge in [-0.3, -0.25) is 10.1 Å². The van der Waals surface area contributed by atoms with E-state index in [4.69, 9.17) is 26.0 Å². The fourth-order valence-electron chi connectivity index (χ4n) is 4.29. The number of para-hydroxylation sites is 1. The molecule has 8 heteroatoms. The normalized spacial score (nSPS) is 11.3. The lowest BCUT2D eigenvalue weighted by atomic mass is 10.0. The third-order valence-corrected chi connectivity index (χ3v) is 6.92. The molecule has 0 aliphatic carbocycles. The van der Waals surface area contributed by atoms with Gasteiger partial charge in [0.2, 0.25) is 5.89 Å². The Kier molecular flexibility index (Phi) is 5.55. The second-order valence-corrected chi connectivity index (χ2v) is 9.57. The molecule has 2 aromatic heterocycles. The largest absolute Gasteiger partial charge is 0.451 e. The van der Waals surface area contributed by atoms with Crippen molar-refractivity contribution in [1.82, 2.24) is 10.3 Å². The van der Waals surface area contributed by atoms with Crippen LogP contribution in [-0.4, -0.2) is 16.0 Å². The van der Waals surface area contributed by atoms with Gasteiger partial charge in [0.1, 0.15) is 11.1 Å². The van der Waals surface area contributed by atoms with Crippen molar-refractivity contribution in [3.05, 3.63) is 94.7 Å². The lowest BCUT2D eigenvalue weighted by Crippen LogP contribution is -2.34. The minimum Gasteiger partial charge on any atom is -0.451 e. The van der Waals surface area contributed by atoms with Crippen molar-refractivity contribution in [2.75, 3.05) is 5.32 Å². The number of thiocarbonyl (C=S) groups is 1. The van der Waals surface area contributed by atoms with Crippen molar-refractivity contribution in [3.63, 3.8) is 0 Å². The molecule has 176 valence electrons. The molecule has 1 amide bonds.